The van der Waals surface area contributed by atoms with E-state index in [4.69, 9.17) is 30.9 Å². The molecular weight excluding hydrogens is 512 g/mol. The van der Waals surface area contributed by atoms with Crippen LogP contribution in [0, 0.1) is 0 Å². The third-order valence-electron chi connectivity index (χ3n) is 5.87. The molecule has 1 aliphatic heterocycles. The van der Waals surface area contributed by atoms with Gasteiger partial charge in [0, 0.05) is 16.5 Å². The van der Waals surface area contributed by atoms with Crippen molar-refractivity contribution in [2.45, 2.75) is 51.4 Å². The van der Waals surface area contributed by atoms with Crippen LogP contribution >= 0.6 is 23.4 Å². The molecule has 0 aliphatic carbocycles. The predicted molar refractivity (Wildman–Crippen MR) is 146 cm³/mol. The molecular formula is C27H31ClN4O4S. The van der Waals surface area contributed by atoms with Gasteiger partial charge in [0.05, 0.1) is 19.3 Å². The molecule has 0 radical (unpaired) electrons. The first-order valence-electron chi connectivity index (χ1n) is 12.2. The summed E-state index contributed by atoms with van der Waals surface area (Å²) in [6.07, 6.45) is 2.17. The molecule has 10 heteroatoms. The van der Waals surface area contributed by atoms with Gasteiger partial charge in [0.15, 0.2) is 11.5 Å². The second-order valence-electron chi connectivity index (χ2n) is 8.48. The standard InChI is InChI=1S/C27H31ClN4O4S/c1-5-7-14-37-27-30-26-29-17(3)23(25(33)35-6-2)24(32(26)31-27)19-10-13-21(22(15-19)34-4)36-16-18-8-11-20(28)12-9-18/h8-13,15,24H,5-7,14,16H2,1-4H3,(H,29,30,31). The Bertz CT molecular complexity index is 1280. The molecule has 2 aromatic carbocycles. The number of hydrogen-bond donors (Lipinski definition) is 1. The first-order chi connectivity index (χ1) is 17.9. The number of fused-ring (bicyclic) bond motifs is 1. The van der Waals surface area contributed by atoms with Crippen molar-refractivity contribution in [3.8, 4) is 11.5 Å². The molecule has 2 heterocycles. The number of carbonyl (C=O) groups is 1. The van der Waals surface area contributed by atoms with Gasteiger partial charge in [0.2, 0.25) is 11.1 Å². The van der Waals surface area contributed by atoms with E-state index < -0.39 is 12.0 Å². The fourth-order valence-corrected chi connectivity index (χ4v) is 5.04. The number of methoxy groups -OCH3 is 1. The van der Waals surface area contributed by atoms with Gasteiger partial charge in [-0.15, -0.1) is 5.10 Å². The van der Waals surface area contributed by atoms with Gasteiger partial charge in [-0.3, -0.25) is 0 Å². The lowest BCUT2D eigenvalue weighted by atomic mass is 9.95. The summed E-state index contributed by atoms with van der Waals surface area (Å²) in [5.41, 5.74) is 2.94. The Hall–Kier alpha value is -3.17. The fourth-order valence-electron chi connectivity index (χ4n) is 4.00. The van der Waals surface area contributed by atoms with Crippen molar-refractivity contribution < 1.29 is 19.0 Å². The van der Waals surface area contributed by atoms with Crippen molar-refractivity contribution in [3.63, 3.8) is 0 Å². The Morgan fingerprint density at radius 1 is 1.16 bits per heavy atom. The average molecular weight is 543 g/mol. The van der Waals surface area contributed by atoms with Crippen molar-refractivity contribution in [2.75, 3.05) is 24.8 Å². The molecule has 1 aliphatic rings. The summed E-state index contributed by atoms with van der Waals surface area (Å²) >= 11 is 7.59. The summed E-state index contributed by atoms with van der Waals surface area (Å²) < 4.78 is 18.9. The third kappa shape index (κ3) is 6.22. The Kier molecular flexibility index (Phi) is 9.00. The number of nitrogens with zero attached hydrogens (tertiary/aromatic N) is 3. The van der Waals surface area contributed by atoms with Crippen LogP contribution in [0.2, 0.25) is 5.02 Å². The van der Waals surface area contributed by atoms with Gasteiger partial charge in [-0.2, -0.15) is 4.98 Å². The van der Waals surface area contributed by atoms with Crippen molar-refractivity contribution in [2.24, 2.45) is 0 Å². The predicted octanol–water partition coefficient (Wildman–Crippen LogP) is 6.26. The van der Waals surface area contributed by atoms with Crippen molar-refractivity contribution in [1.29, 1.82) is 0 Å². The molecule has 0 saturated carbocycles. The second-order valence-corrected chi connectivity index (χ2v) is 9.98. The van der Waals surface area contributed by atoms with E-state index in [1.165, 1.54) is 0 Å². The molecule has 1 atom stereocenters. The van der Waals surface area contributed by atoms with Crippen molar-refractivity contribution in [3.05, 3.63) is 69.9 Å². The molecule has 0 amide bonds. The normalized spacial score (nSPS) is 14.7. The van der Waals surface area contributed by atoms with Crippen LogP contribution in [0.3, 0.4) is 0 Å². The van der Waals surface area contributed by atoms with Crippen molar-refractivity contribution >= 4 is 35.3 Å². The van der Waals surface area contributed by atoms with E-state index in [9.17, 15) is 4.79 Å². The second kappa shape index (κ2) is 12.4. The van der Waals surface area contributed by atoms with E-state index >= 15 is 0 Å². The first-order valence-corrected chi connectivity index (χ1v) is 13.6. The highest BCUT2D eigenvalue weighted by molar-refractivity contribution is 7.99. The third-order valence-corrected chi connectivity index (χ3v) is 7.04. The average Bonchev–Trinajstić information content (AvgIpc) is 3.30. The SMILES string of the molecule is CCCCSc1nc2n(n1)C(c1ccc(OCc3ccc(Cl)cc3)c(OC)c1)C(C(=O)OCC)=C(C)N2. The summed E-state index contributed by atoms with van der Waals surface area (Å²) in [4.78, 5) is 17.7. The number of carbonyl (C=O) groups excluding carboxylic acids is 1. The van der Waals surface area contributed by atoms with Gasteiger partial charge in [0.1, 0.15) is 12.6 Å². The number of halogens is 1. The molecule has 0 bridgehead atoms. The molecule has 37 heavy (non-hydrogen) atoms. The number of unbranched alkanes of at least 4 members (excludes halogenated alkanes) is 1. The molecule has 1 aromatic heterocycles. The zero-order valence-corrected chi connectivity index (χ0v) is 23.0. The number of hydrogen-bond acceptors (Lipinski definition) is 8. The zero-order chi connectivity index (χ0) is 26.4. The summed E-state index contributed by atoms with van der Waals surface area (Å²) in [6.45, 7) is 6.42. The van der Waals surface area contributed by atoms with Crippen LogP contribution in [0.4, 0.5) is 5.95 Å². The van der Waals surface area contributed by atoms with Gasteiger partial charge >= 0.3 is 5.97 Å². The number of allylic oxidation sites excluding steroid dienone is 1. The summed E-state index contributed by atoms with van der Waals surface area (Å²) in [7, 11) is 1.59. The number of anilines is 1. The molecule has 1 unspecified atom stereocenters. The molecule has 0 spiro atoms. The van der Waals surface area contributed by atoms with E-state index in [0.717, 1.165) is 29.7 Å². The molecule has 196 valence electrons. The first kappa shape index (κ1) is 26.9. The van der Waals surface area contributed by atoms with Gasteiger partial charge in [-0.05, 0) is 55.7 Å². The highest BCUT2D eigenvalue weighted by Gasteiger charge is 2.35. The minimum Gasteiger partial charge on any atom is -0.493 e. The molecule has 8 nitrogen and oxygen atoms in total. The minimum atomic E-state index is -0.539. The maximum atomic E-state index is 13.1. The highest BCUT2D eigenvalue weighted by atomic mass is 35.5. The largest absolute Gasteiger partial charge is 0.493 e. The lowest BCUT2D eigenvalue weighted by molar-refractivity contribution is -0.139. The number of aromatic nitrogens is 3. The Balaban J connectivity index is 1.68. The molecule has 1 N–H and O–H groups in total. The Morgan fingerprint density at radius 2 is 1.95 bits per heavy atom. The van der Waals surface area contributed by atoms with Gasteiger partial charge in [-0.25, -0.2) is 9.48 Å². The number of nitrogens with one attached hydrogen (secondary N) is 1. The monoisotopic (exact) mass is 542 g/mol. The maximum Gasteiger partial charge on any atom is 0.338 e. The van der Waals surface area contributed by atoms with E-state index in [0.29, 0.717) is 45.5 Å². The Labute approximate surface area is 226 Å². The lowest BCUT2D eigenvalue weighted by Crippen LogP contribution is -2.29. The summed E-state index contributed by atoms with van der Waals surface area (Å²) in [6, 6.07) is 12.6. The van der Waals surface area contributed by atoms with Crippen LogP contribution in [0.25, 0.3) is 0 Å². The molecule has 0 saturated heterocycles. The molecule has 0 fully saturated rings. The van der Waals surface area contributed by atoms with Crippen LogP contribution in [0.1, 0.15) is 50.8 Å². The maximum absolute atomic E-state index is 13.1. The fraction of sp³-hybridized carbons (Fsp3) is 0.370. The number of esters is 1. The van der Waals surface area contributed by atoms with Crippen LogP contribution in [-0.2, 0) is 16.1 Å². The van der Waals surface area contributed by atoms with Crippen LogP contribution in [0.5, 0.6) is 11.5 Å². The molecule has 3 aromatic rings. The van der Waals surface area contributed by atoms with E-state index in [1.807, 2.05) is 49.4 Å². The topological polar surface area (TPSA) is 87.5 Å². The van der Waals surface area contributed by atoms with Crippen LogP contribution in [-0.4, -0.2) is 40.2 Å². The molecule has 4 rings (SSSR count). The summed E-state index contributed by atoms with van der Waals surface area (Å²) in [5.74, 6) is 2.24. The van der Waals surface area contributed by atoms with Gasteiger partial charge in [-0.1, -0.05) is 54.9 Å². The van der Waals surface area contributed by atoms with Crippen molar-refractivity contribution in [1.82, 2.24) is 14.8 Å². The number of benzene rings is 2. The quantitative estimate of drug-likeness (QED) is 0.172. The smallest absolute Gasteiger partial charge is 0.338 e. The number of thioether (sulfide) groups is 1. The lowest BCUT2D eigenvalue weighted by Gasteiger charge is -2.28. The summed E-state index contributed by atoms with van der Waals surface area (Å²) in [5, 5.41) is 9.32. The van der Waals surface area contributed by atoms with Gasteiger partial charge in [0.25, 0.3) is 0 Å². The van der Waals surface area contributed by atoms with Crippen LogP contribution in [0.15, 0.2) is 58.9 Å². The number of rotatable bonds is 11. The zero-order valence-electron chi connectivity index (χ0n) is 21.4. The highest BCUT2D eigenvalue weighted by Crippen LogP contribution is 2.40. The van der Waals surface area contributed by atoms with E-state index in [1.54, 1.807) is 30.5 Å². The van der Waals surface area contributed by atoms with E-state index in [-0.39, 0.29) is 6.61 Å². The number of ether oxygens (including phenoxy) is 3. The van der Waals surface area contributed by atoms with Gasteiger partial charge < -0.3 is 19.5 Å². The Morgan fingerprint density at radius 3 is 2.65 bits per heavy atom. The minimum absolute atomic E-state index is 0.269. The van der Waals surface area contributed by atoms with Crippen LogP contribution < -0.4 is 14.8 Å². The van der Waals surface area contributed by atoms with E-state index in [2.05, 4.69) is 17.2 Å².